The number of hydrogen-bond donors (Lipinski definition) is 2. The molecule has 3 aromatic rings. The molecule has 12 heteroatoms. The summed E-state index contributed by atoms with van der Waals surface area (Å²) in [6.45, 7) is 2.37. The number of hydrogen-bond acceptors (Lipinski definition) is 8. The highest BCUT2D eigenvalue weighted by Crippen LogP contribution is 2.34. The number of likely N-dealkylation sites (tertiary alicyclic amines) is 1. The lowest BCUT2D eigenvalue weighted by Crippen LogP contribution is -2.38. The number of aromatic nitrogens is 4. The van der Waals surface area contributed by atoms with E-state index in [0.717, 1.165) is 32.5 Å². The van der Waals surface area contributed by atoms with Crippen molar-refractivity contribution < 1.29 is 9.18 Å². The SMILES string of the molecule is CN(c1ccnc2c(C(N)=O)c(Nc3cccn(C4CCN(CCC#N)CC4)c3=O)nn12)[C@@H]1C[C@@H]1F. The van der Waals surface area contributed by atoms with Crippen molar-refractivity contribution in [3.63, 3.8) is 0 Å². The molecule has 3 N–H and O–H groups in total. The van der Waals surface area contributed by atoms with Crippen molar-refractivity contribution in [3.05, 3.63) is 46.5 Å². The van der Waals surface area contributed by atoms with Crippen LogP contribution in [0.5, 0.6) is 0 Å². The molecule has 0 bridgehead atoms. The maximum atomic E-state index is 13.7. The van der Waals surface area contributed by atoms with Crippen LogP contribution < -0.4 is 21.5 Å². The van der Waals surface area contributed by atoms with Gasteiger partial charge in [-0.3, -0.25) is 9.59 Å². The summed E-state index contributed by atoms with van der Waals surface area (Å²) in [6.07, 6.45) is 4.89. The summed E-state index contributed by atoms with van der Waals surface area (Å²) in [7, 11) is 1.76. The second-order valence-electron chi connectivity index (χ2n) is 9.30. The Hall–Kier alpha value is -3.98. The quantitative estimate of drug-likeness (QED) is 0.485. The molecular weight excluding hydrogens is 465 g/mol. The number of anilines is 3. The van der Waals surface area contributed by atoms with Crippen LogP contribution in [-0.4, -0.2) is 68.9 Å². The smallest absolute Gasteiger partial charge is 0.274 e. The minimum atomic E-state index is -0.914. The number of nitrogens with one attached hydrogen (secondary N) is 1. The number of primary amides is 1. The number of halogens is 1. The van der Waals surface area contributed by atoms with Gasteiger partial charge in [0.25, 0.3) is 11.5 Å². The lowest BCUT2D eigenvalue weighted by atomic mass is 10.0. The average molecular weight is 494 g/mol. The molecule has 188 valence electrons. The fourth-order valence-electron chi connectivity index (χ4n) is 4.89. The summed E-state index contributed by atoms with van der Waals surface area (Å²) in [5, 5.41) is 16.3. The number of carbonyl (C=O) groups excluding carboxylic acids is 1. The summed E-state index contributed by atoms with van der Waals surface area (Å²) >= 11 is 0. The zero-order valence-electron chi connectivity index (χ0n) is 20.0. The molecule has 1 saturated carbocycles. The predicted octanol–water partition coefficient (Wildman–Crippen LogP) is 1.83. The number of amides is 1. The Balaban J connectivity index is 1.44. The Morgan fingerprint density at radius 1 is 1.36 bits per heavy atom. The van der Waals surface area contributed by atoms with Crippen molar-refractivity contribution in [2.45, 2.75) is 43.9 Å². The number of nitrogens with two attached hydrogens (primary N) is 1. The molecule has 36 heavy (non-hydrogen) atoms. The van der Waals surface area contributed by atoms with Gasteiger partial charge in [-0.25, -0.2) is 9.37 Å². The van der Waals surface area contributed by atoms with Gasteiger partial charge in [0.05, 0.1) is 12.1 Å². The van der Waals surface area contributed by atoms with E-state index in [-0.39, 0.29) is 40.4 Å². The molecule has 11 nitrogen and oxygen atoms in total. The number of pyridine rings is 1. The topological polar surface area (TPSA) is 138 Å². The van der Waals surface area contributed by atoms with Crippen molar-refractivity contribution in [2.75, 3.05) is 36.9 Å². The zero-order chi connectivity index (χ0) is 25.4. The molecule has 1 amide bonds. The molecule has 2 atom stereocenters. The molecule has 1 aliphatic heterocycles. The Bertz CT molecular complexity index is 1390. The third-order valence-electron chi connectivity index (χ3n) is 7.00. The van der Waals surface area contributed by atoms with Gasteiger partial charge >= 0.3 is 0 Å². The average Bonchev–Trinajstić information content (AvgIpc) is 3.48. The molecule has 3 aromatic heterocycles. The van der Waals surface area contributed by atoms with Crippen LogP contribution >= 0.6 is 0 Å². The first-order chi connectivity index (χ1) is 17.4. The van der Waals surface area contributed by atoms with Crippen molar-refractivity contribution in [3.8, 4) is 6.07 Å². The highest BCUT2D eigenvalue weighted by atomic mass is 19.1. The van der Waals surface area contributed by atoms with E-state index in [1.165, 1.54) is 10.7 Å². The molecule has 4 heterocycles. The minimum Gasteiger partial charge on any atom is -0.365 e. The van der Waals surface area contributed by atoms with Crippen molar-refractivity contribution in [1.29, 1.82) is 5.26 Å². The monoisotopic (exact) mass is 493 g/mol. The molecule has 0 unspecified atom stereocenters. The fraction of sp³-hybridized carbons (Fsp3) is 0.458. The normalized spacial score (nSPS) is 20.2. The number of piperidine rings is 1. The Morgan fingerprint density at radius 2 is 2.11 bits per heavy atom. The van der Waals surface area contributed by atoms with Crippen LogP contribution in [0.3, 0.4) is 0 Å². The van der Waals surface area contributed by atoms with Gasteiger partial charge in [0.1, 0.15) is 23.2 Å². The maximum absolute atomic E-state index is 13.7. The molecule has 1 aliphatic carbocycles. The van der Waals surface area contributed by atoms with Gasteiger partial charge in [0.2, 0.25) is 0 Å². The number of carbonyl (C=O) groups is 1. The van der Waals surface area contributed by atoms with E-state index in [1.807, 2.05) is 0 Å². The van der Waals surface area contributed by atoms with Crippen molar-refractivity contribution >= 4 is 28.9 Å². The summed E-state index contributed by atoms with van der Waals surface area (Å²) in [4.78, 5) is 34.0. The molecular formula is C24H28FN9O2. The fourth-order valence-corrected chi connectivity index (χ4v) is 4.89. The van der Waals surface area contributed by atoms with Crippen LogP contribution in [-0.2, 0) is 0 Å². The van der Waals surface area contributed by atoms with Gasteiger partial charge in [-0.15, -0.1) is 5.10 Å². The largest absolute Gasteiger partial charge is 0.365 e. The number of alkyl halides is 1. The maximum Gasteiger partial charge on any atom is 0.274 e. The molecule has 2 aliphatic rings. The van der Waals surface area contributed by atoms with Gasteiger partial charge in [0.15, 0.2) is 11.5 Å². The van der Waals surface area contributed by atoms with E-state index in [2.05, 4.69) is 26.4 Å². The van der Waals surface area contributed by atoms with E-state index < -0.39 is 12.1 Å². The van der Waals surface area contributed by atoms with E-state index in [9.17, 15) is 14.0 Å². The van der Waals surface area contributed by atoms with Gasteiger partial charge in [-0.1, -0.05) is 0 Å². The molecule has 0 radical (unpaired) electrons. The first-order valence-electron chi connectivity index (χ1n) is 12.0. The van der Waals surface area contributed by atoms with E-state index in [0.29, 0.717) is 18.7 Å². The zero-order valence-corrected chi connectivity index (χ0v) is 20.0. The van der Waals surface area contributed by atoms with Crippen molar-refractivity contribution in [1.82, 2.24) is 24.1 Å². The second-order valence-corrected chi connectivity index (χ2v) is 9.30. The Kier molecular flexibility index (Phi) is 6.32. The Morgan fingerprint density at radius 3 is 2.78 bits per heavy atom. The number of rotatable bonds is 8. The van der Waals surface area contributed by atoms with Crippen LogP contribution in [0.4, 0.5) is 21.7 Å². The summed E-state index contributed by atoms with van der Waals surface area (Å²) in [5.74, 6) is -0.0606. The first-order valence-corrected chi connectivity index (χ1v) is 12.0. The highest BCUT2D eigenvalue weighted by molar-refractivity contribution is 6.04. The number of nitrogens with zero attached hydrogens (tertiary/aromatic N) is 7. The van der Waals surface area contributed by atoms with Gasteiger partial charge in [0, 0.05) is 58.0 Å². The summed E-state index contributed by atoms with van der Waals surface area (Å²) < 4.78 is 16.9. The molecule has 5 rings (SSSR count). The van der Waals surface area contributed by atoms with Crippen LogP contribution in [0.15, 0.2) is 35.4 Å². The van der Waals surface area contributed by atoms with Gasteiger partial charge < -0.3 is 25.4 Å². The lowest BCUT2D eigenvalue weighted by molar-refractivity contribution is 0.100. The Labute approximate surface area is 206 Å². The van der Waals surface area contributed by atoms with Crippen LogP contribution in [0.2, 0.25) is 0 Å². The number of fused-ring (bicyclic) bond motifs is 1. The third-order valence-corrected chi connectivity index (χ3v) is 7.00. The van der Waals surface area contributed by atoms with Crippen LogP contribution in [0.25, 0.3) is 5.65 Å². The summed E-state index contributed by atoms with van der Waals surface area (Å²) in [6, 6.07) is 7.04. The highest BCUT2D eigenvalue weighted by Gasteiger charge is 2.42. The van der Waals surface area contributed by atoms with E-state index in [1.54, 1.807) is 40.9 Å². The summed E-state index contributed by atoms with van der Waals surface area (Å²) in [5.41, 5.74) is 5.99. The van der Waals surface area contributed by atoms with E-state index >= 15 is 0 Å². The first kappa shape index (κ1) is 23.7. The van der Waals surface area contributed by atoms with Crippen LogP contribution in [0.1, 0.15) is 42.1 Å². The van der Waals surface area contributed by atoms with E-state index in [4.69, 9.17) is 11.0 Å². The lowest BCUT2D eigenvalue weighted by Gasteiger charge is -2.32. The van der Waals surface area contributed by atoms with Crippen LogP contribution in [0, 0.1) is 11.3 Å². The third kappa shape index (κ3) is 4.37. The molecule has 1 saturated heterocycles. The molecule has 0 spiro atoms. The standard InChI is InChI=1S/C24H28FN9O2/c1-31(18-14-16(18)25)19-5-9-28-23-20(21(27)35)22(30-34(19)23)29-17-4-2-11-33(24(17)36)15-6-12-32(13-7-15)10-3-8-26/h2,4-5,9,11,15-16,18H,3,6-7,10,12-14H2,1H3,(H2,27,35)(H,29,30)/t16-,18+/m0/s1. The predicted molar refractivity (Wildman–Crippen MR) is 132 cm³/mol. The second kappa shape index (κ2) is 9.58. The molecule has 2 fully saturated rings. The minimum absolute atomic E-state index is 0.0309. The molecule has 0 aromatic carbocycles. The van der Waals surface area contributed by atoms with Gasteiger partial charge in [-0.2, -0.15) is 9.78 Å². The van der Waals surface area contributed by atoms with Crippen molar-refractivity contribution in [2.24, 2.45) is 5.73 Å². The van der Waals surface area contributed by atoms with Gasteiger partial charge in [-0.05, 0) is 31.0 Å². The number of nitriles is 1.